The molecule has 3 unspecified atom stereocenters. The Kier molecular flexibility index (Phi) is 9.52. The quantitative estimate of drug-likeness (QED) is 0.255. The summed E-state index contributed by atoms with van der Waals surface area (Å²) in [6.45, 7) is 0.805. The van der Waals surface area contributed by atoms with Gasteiger partial charge in [-0.25, -0.2) is 9.38 Å². The molecule has 1 saturated carbocycles. The van der Waals surface area contributed by atoms with Crippen LogP contribution in [-0.4, -0.2) is 55.0 Å². The Morgan fingerprint density at radius 2 is 1.61 bits per heavy atom. The minimum atomic E-state index is -5.03. The van der Waals surface area contributed by atoms with Crippen molar-refractivity contribution < 1.29 is 45.1 Å². The lowest BCUT2D eigenvalue weighted by molar-refractivity contribution is -0.143. The van der Waals surface area contributed by atoms with Gasteiger partial charge in [-0.15, -0.1) is 5.11 Å². The number of aliphatic imine (C=N–C) groups is 1. The Labute approximate surface area is 260 Å². The molecule has 248 valence electrons. The molecular weight excluding hydrogens is 623 g/mol. The summed E-state index contributed by atoms with van der Waals surface area (Å²) in [5, 5.41) is 10.7. The summed E-state index contributed by atoms with van der Waals surface area (Å²) in [7, 11) is 1.20. The number of likely N-dealkylation sites (tertiary alicyclic amines) is 1. The number of halogens is 7. The molecule has 2 fully saturated rings. The minimum Gasteiger partial charge on any atom is -0.469 e. The first-order valence-electron chi connectivity index (χ1n) is 14.8. The van der Waals surface area contributed by atoms with E-state index in [-0.39, 0.29) is 54.5 Å². The van der Waals surface area contributed by atoms with E-state index in [4.69, 9.17) is 0 Å². The highest BCUT2D eigenvalue weighted by molar-refractivity contribution is 6.08. The number of amides is 1. The molecule has 1 amide bonds. The summed E-state index contributed by atoms with van der Waals surface area (Å²) < 4.78 is 98.5. The zero-order valence-corrected chi connectivity index (χ0v) is 24.8. The SMILES string of the molecule is COC(=O)CC1N=NC(C2(C(=O)NCc3cc(C(F)(F)F)cc(C(F)(F)F)c3)CCC(N3CCC(c4ccc(F)cc4)CC3)C2)=N1. The van der Waals surface area contributed by atoms with Gasteiger partial charge in [-0.2, -0.15) is 31.5 Å². The number of esters is 1. The van der Waals surface area contributed by atoms with Crippen LogP contribution in [0.4, 0.5) is 30.7 Å². The van der Waals surface area contributed by atoms with Gasteiger partial charge in [-0.05, 0) is 92.6 Å². The van der Waals surface area contributed by atoms with Crippen molar-refractivity contribution in [1.29, 1.82) is 0 Å². The third kappa shape index (κ3) is 7.39. The summed E-state index contributed by atoms with van der Waals surface area (Å²) in [4.78, 5) is 32.4. The fourth-order valence-electron chi connectivity index (χ4n) is 6.50. The first-order chi connectivity index (χ1) is 21.7. The van der Waals surface area contributed by atoms with Gasteiger partial charge >= 0.3 is 18.3 Å². The van der Waals surface area contributed by atoms with Gasteiger partial charge in [0.25, 0.3) is 0 Å². The Balaban J connectivity index is 1.35. The fraction of sp³-hybridized carbons (Fsp3) is 0.516. The van der Waals surface area contributed by atoms with Crippen molar-refractivity contribution in [3.05, 3.63) is 70.5 Å². The number of methoxy groups -OCH3 is 1. The maximum Gasteiger partial charge on any atom is 0.416 e. The number of azo groups is 1. The van der Waals surface area contributed by atoms with Crippen LogP contribution in [0.3, 0.4) is 0 Å². The van der Waals surface area contributed by atoms with Crippen molar-refractivity contribution in [2.75, 3.05) is 20.2 Å². The molecule has 46 heavy (non-hydrogen) atoms. The van der Waals surface area contributed by atoms with Crippen LogP contribution in [0, 0.1) is 11.2 Å². The molecule has 1 saturated heterocycles. The lowest BCUT2D eigenvalue weighted by Crippen LogP contribution is -2.46. The largest absolute Gasteiger partial charge is 0.469 e. The van der Waals surface area contributed by atoms with Crippen molar-refractivity contribution in [3.63, 3.8) is 0 Å². The molecule has 3 aliphatic rings. The van der Waals surface area contributed by atoms with E-state index in [1.807, 2.05) is 0 Å². The number of hydrogen-bond acceptors (Lipinski definition) is 7. The zero-order chi connectivity index (χ0) is 33.3. The number of alkyl halides is 6. The molecule has 8 nitrogen and oxygen atoms in total. The maximum absolute atomic E-state index is 13.9. The Morgan fingerprint density at radius 1 is 0.978 bits per heavy atom. The molecule has 2 aromatic carbocycles. The first kappa shape index (κ1) is 33.5. The number of ether oxygens (including phenoxy) is 1. The molecule has 0 bridgehead atoms. The van der Waals surface area contributed by atoms with Gasteiger partial charge in [-0.1, -0.05) is 12.1 Å². The van der Waals surface area contributed by atoms with Crippen molar-refractivity contribution in [2.45, 2.75) is 75.5 Å². The van der Waals surface area contributed by atoms with Gasteiger partial charge in [0.1, 0.15) is 11.2 Å². The van der Waals surface area contributed by atoms with Gasteiger partial charge in [0.05, 0.1) is 24.7 Å². The fourth-order valence-corrected chi connectivity index (χ4v) is 6.50. The molecular formula is C31H32F7N5O3. The van der Waals surface area contributed by atoms with E-state index in [0.29, 0.717) is 31.6 Å². The first-order valence-corrected chi connectivity index (χ1v) is 14.8. The average Bonchev–Trinajstić information content (AvgIpc) is 3.68. The number of amidine groups is 1. The summed E-state index contributed by atoms with van der Waals surface area (Å²) in [6, 6.07) is 7.49. The van der Waals surface area contributed by atoms with E-state index in [2.05, 4.69) is 30.2 Å². The number of piperidine rings is 1. The number of benzene rings is 2. The van der Waals surface area contributed by atoms with Gasteiger partial charge < -0.3 is 15.0 Å². The number of hydrogen-bond donors (Lipinski definition) is 1. The topological polar surface area (TPSA) is 95.7 Å². The van der Waals surface area contributed by atoms with E-state index < -0.39 is 53.5 Å². The monoisotopic (exact) mass is 655 g/mol. The van der Waals surface area contributed by atoms with Gasteiger partial charge in [0.15, 0.2) is 12.0 Å². The molecule has 0 aromatic heterocycles. The molecule has 2 aromatic rings. The van der Waals surface area contributed by atoms with Crippen molar-refractivity contribution in [1.82, 2.24) is 10.2 Å². The summed E-state index contributed by atoms with van der Waals surface area (Å²) in [6.07, 6.45) is -8.55. The van der Waals surface area contributed by atoms with Crippen LogP contribution < -0.4 is 5.32 Å². The summed E-state index contributed by atoms with van der Waals surface area (Å²) >= 11 is 0. The van der Waals surface area contributed by atoms with E-state index in [9.17, 15) is 40.3 Å². The second-order valence-electron chi connectivity index (χ2n) is 11.9. The Bertz CT molecular complexity index is 1470. The summed E-state index contributed by atoms with van der Waals surface area (Å²) in [5.74, 6) is -1.25. The Morgan fingerprint density at radius 3 is 2.20 bits per heavy atom. The lowest BCUT2D eigenvalue weighted by Gasteiger charge is -2.37. The van der Waals surface area contributed by atoms with Crippen molar-refractivity contribution >= 4 is 17.7 Å². The molecule has 2 heterocycles. The van der Waals surface area contributed by atoms with E-state index >= 15 is 0 Å². The standard InChI is InChI=1S/C31H32F7N5O3/c1-46-26(44)15-25-40-27(42-41-25)29(28(45)39-17-18-12-21(30(33,34)35)14-22(13-18)31(36,37)38)9-6-24(16-29)43-10-7-20(8-11-43)19-2-4-23(32)5-3-19/h2-5,12-14,20,24-25H,6-11,15-17H2,1H3,(H,39,45). The van der Waals surface area contributed by atoms with Crippen LogP contribution in [0.15, 0.2) is 57.7 Å². The highest BCUT2D eigenvalue weighted by atomic mass is 19.4. The van der Waals surface area contributed by atoms with Crippen LogP contribution >= 0.6 is 0 Å². The predicted octanol–water partition coefficient (Wildman–Crippen LogP) is 6.65. The second kappa shape index (κ2) is 13.1. The van der Waals surface area contributed by atoms with Crippen LogP contribution in [0.5, 0.6) is 0 Å². The highest BCUT2D eigenvalue weighted by Crippen LogP contribution is 2.45. The van der Waals surface area contributed by atoms with E-state index in [1.165, 1.54) is 19.2 Å². The molecule has 0 radical (unpaired) electrons. The smallest absolute Gasteiger partial charge is 0.416 e. The van der Waals surface area contributed by atoms with Crippen LogP contribution in [-0.2, 0) is 33.2 Å². The lowest BCUT2D eigenvalue weighted by atomic mass is 9.82. The number of nitrogens with zero attached hydrogens (tertiary/aromatic N) is 4. The predicted molar refractivity (Wildman–Crippen MR) is 151 cm³/mol. The normalized spacial score (nSPS) is 24.2. The molecule has 15 heteroatoms. The minimum absolute atomic E-state index is 0.0305. The molecule has 1 aliphatic carbocycles. The number of carbonyl (C=O) groups is 2. The number of nitrogens with one attached hydrogen (secondary N) is 1. The molecule has 1 N–H and O–H groups in total. The van der Waals surface area contributed by atoms with E-state index in [0.717, 1.165) is 18.4 Å². The van der Waals surface area contributed by atoms with Crippen LogP contribution in [0.25, 0.3) is 0 Å². The Hall–Kier alpha value is -3.88. The highest BCUT2D eigenvalue weighted by Gasteiger charge is 2.52. The number of carbonyl (C=O) groups excluding carboxylic acids is 2. The average molecular weight is 656 g/mol. The second-order valence-corrected chi connectivity index (χ2v) is 11.9. The molecule has 2 aliphatic heterocycles. The van der Waals surface area contributed by atoms with Gasteiger partial charge in [0.2, 0.25) is 5.91 Å². The van der Waals surface area contributed by atoms with Crippen molar-refractivity contribution in [2.24, 2.45) is 20.6 Å². The van der Waals surface area contributed by atoms with Crippen LogP contribution in [0.2, 0.25) is 0 Å². The zero-order valence-electron chi connectivity index (χ0n) is 24.8. The van der Waals surface area contributed by atoms with Gasteiger partial charge in [0, 0.05) is 12.6 Å². The molecule has 0 spiro atoms. The van der Waals surface area contributed by atoms with Crippen molar-refractivity contribution in [3.8, 4) is 0 Å². The maximum atomic E-state index is 13.9. The van der Waals surface area contributed by atoms with Gasteiger partial charge in [-0.3, -0.25) is 9.59 Å². The third-order valence-electron chi connectivity index (χ3n) is 8.97. The molecule has 3 atom stereocenters. The summed E-state index contributed by atoms with van der Waals surface area (Å²) in [5.41, 5.74) is -3.67. The third-order valence-corrected chi connectivity index (χ3v) is 8.97. The molecule has 5 rings (SSSR count). The van der Waals surface area contributed by atoms with E-state index in [1.54, 1.807) is 12.1 Å². The number of rotatable bonds is 8. The van der Waals surface area contributed by atoms with Crippen LogP contribution in [0.1, 0.15) is 66.7 Å².